The molecule has 1 aromatic heterocycles. The summed E-state index contributed by atoms with van der Waals surface area (Å²) in [6, 6.07) is 22.1. The molecule has 174 valence electrons. The number of primary amides is 1. The lowest BCUT2D eigenvalue weighted by molar-refractivity contribution is 0.0207. The van der Waals surface area contributed by atoms with Crippen molar-refractivity contribution in [3.05, 3.63) is 78.4 Å². The van der Waals surface area contributed by atoms with Crippen LogP contribution in [-0.2, 0) is 11.3 Å². The van der Waals surface area contributed by atoms with E-state index in [1.54, 1.807) is 32.9 Å². The molecule has 2 amide bonds. The van der Waals surface area contributed by atoms with Crippen molar-refractivity contribution >= 4 is 29.2 Å². The number of nitrogens with one attached hydrogen (secondary N) is 1. The Kier molecular flexibility index (Phi) is 6.23. The first-order valence-electron chi connectivity index (χ1n) is 10.8. The molecule has 3 aromatic carbocycles. The van der Waals surface area contributed by atoms with E-state index in [-0.39, 0.29) is 0 Å². The highest BCUT2D eigenvalue weighted by Gasteiger charge is 2.19. The molecule has 34 heavy (non-hydrogen) atoms. The van der Waals surface area contributed by atoms with E-state index in [2.05, 4.69) is 10.3 Å². The number of benzene rings is 3. The van der Waals surface area contributed by atoms with Crippen LogP contribution in [0, 0.1) is 0 Å². The molecule has 4 aromatic rings. The van der Waals surface area contributed by atoms with E-state index in [9.17, 15) is 9.59 Å². The summed E-state index contributed by atoms with van der Waals surface area (Å²) >= 11 is 0. The number of nitrogens with two attached hydrogens (primary N) is 1. The number of ether oxygens (including phenoxy) is 2. The van der Waals surface area contributed by atoms with Crippen LogP contribution in [0.25, 0.3) is 22.2 Å². The van der Waals surface area contributed by atoms with Gasteiger partial charge in [0.05, 0.1) is 17.6 Å². The second kappa shape index (κ2) is 9.27. The van der Waals surface area contributed by atoms with Crippen molar-refractivity contribution < 1.29 is 19.1 Å². The molecule has 8 nitrogen and oxygen atoms in total. The van der Waals surface area contributed by atoms with Gasteiger partial charge in [-0.05, 0) is 50.1 Å². The van der Waals surface area contributed by atoms with E-state index in [0.29, 0.717) is 18.2 Å². The van der Waals surface area contributed by atoms with Gasteiger partial charge in [-0.15, -0.1) is 0 Å². The van der Waals surface area contributed by atoms with Gasteiger partial charge >= 0.3 is 12.2 Å². The molecule has 0 aliphatic rings. The van der Waals surface area contributed by atoms with Crippen molar-refractivity contribution in [1.29, 1.82) is 0 Å². The third-order valence-electron chi connectivity index (χ3n) is 4.97. The third-order valence-corrected chi connectivity index (χ3v) is 4.97. The summed E-state index contributed by atoms with van der Waals surface area (Å²) < 4.78 is 12.6. The average Bonchev–Trinajstić information content (AvgIpc) is 3.10. The van der Waals surface area contributed by atoms with Crippen molar-refractivity contribution in [3.8, 4) is 16.9 Å². The fraction of sp³-hybridized carbons (Fsp3) is 0.192. The van der Waals surface area contributed by atoms with Gasteiger partial charge in [0, 0.05) is 5.56 Å². The van der Waals surface area contributed by atoms with Crippen molar-refractivity contribution in [3.63, 3.8) is 0 Å². The average molecular weight is 459 g/mol. The lowest BCUT2D eigenvalue weighted by Crippen LogP contribution is -2.26. The lowest BCUT2D eigenvalue weighted by atomic mass is 10.0. The number of hydrogen-bond donors (Lipinski definition) is 2. The van der Waals surface area contributed by atoms with Crippen molar-refractivity contribution in [2.45, 2.75) is 32.9 Å². The zero-order chi connectivity index (χ0) is 24.3. The predicted molar refractivity (Wildman–Crippen MR) is 131 cm³/mol. The second-order valence-corrected chi connectivity index (χ2v) is 8.76. The van der Waals surface area contributed by atoms with Crippen LogP contribution in [0.2, 0.25) is 0 Å². The van der Waals surface area contributed by atoms with Gasteiger partial charge in [-0.25, -0.2) is 14.6 Å². The van der Waals surface area contributed by atoms with Gasteiger partial charge in [0.25, 0.3) is 0 Å². The fourth-order valence-electron chi connectivity index (χ4n) is 3.57. The molecule has 0 saturated carbocycles. The summed E-state index contributed by atoms with van der Waals surface area (Å²) in [5, 5.41) is 2.59. The van der Waals surface area contributed by atoms with Gasteiger partial charge in [-0.1, -0.05) is 54.6 Å². The highest BCUT2D eigenvalue weighted by Crippen LogP contribution is 2.31. The van der Waals surface area contributed by atoms with E-state index >= 15 is 0 Å². The van der Waals surface area contributed by atoms with Crippen LogP contribution in [0.1, 0.15) is 26.3 Å². The molecular formula is C26H26N4O4. The van der Waals surface area contributed by atoms with Crippen molar-refractivity contribution in [2.75, 3.05) is 5.32 Å². The molecule has 0 fully saturated rings. The SMILES string of the molecule is CC(C)(C)OC(=O)Oc1ccccc1-c1ccc(Cn2c(NC(N)=O)nc3ccccc32)cc1. The molecule has 0 radical (unpaired) electrons. The maximum absolute atomic E-state index is 12.2. The van der Waals surface area contributed by atoms with E-state index in [0.717, 1.165) is 27.7 Å². The summed E-state index contributed by atoms with van der Waals surface area (Å²) in [6.45, 7) is 5.83. The number of amides is 2. The molecule has 0 spiro atoms. The zero-order valence-corrected chi connectivity index (χ0v) is 19.2. The van der Waals surface area contributed by atoms with Crippen LogP contribution >= 0.6 is 0 Å². The summed E-state index contributed by atoms with van der Waals surface area (Å²) in [6.07, 6.45) is -0.752. The summed E-state index contributed by atoms with van der Waals surface area (Å²) in [5.74, 6) is 0.798. The van der Waals surface area contributed by atoms with Crippen molar-refractivity contribution in [1.82, 2.24) is 9.55 Å². The number of fused-ring (bicyclic) bond motifs is 1. The van der Waals surface area contributed by atoms with Crippen molar-refractivity contribution in [2.24, 2.45) is 5.73 Å². The number of imidazole rings is 1. The van der Waals surface area contributed by atoms with Crippen LogP contribution in [0.3, 0.4) is 0 Å². The molecular weight excluding hydrogens is 432 g/mol. The Balaban J connectivity index is 1.59. The maximum Gasteiger partial charge on any atom is 0.514 e. The number of carbonyl (C=O) groups is 2. The fourth-order valence-corrected chi connectivity index (χ4v) is 3.57. The quantitative estimate of drug-likeness (QED) is 0.301. The lowest BCUT2D eigenvalue weighted by Gasteiger charge is -2.19. The summed E-state index contributed by atoms with van der Waals surface area (Å²) in [5.41, 5.74) is 8.96. The standard InChI is InChI=1S/C26H26N4O4/c1-26(2,3)34-25(32)33-22-11-7-4-8-19(22)18-14-12-17(13-15-18)16-30-21-10-6-5-9-20(21)28-24(30)29-23(27)31/h4-15H,16H2,1-3H3,(H3,27,28,29,31). The molecule has 0 aliphatic carbocycles. The Morgan fingerprint density at radius 2 is 1.65 bits per heavy atom. The van der Waals surface area contributed by atoms with Crippen LogP contribution in [-0.4, -0.2) is 27.3 Å². The molecule has 0 unspecified atom stereocenters. The number of nitrogens with zero attached hydrogens (tertiary/aromatic N) is 2. The normalized spacial score (nSPS) is 11.3. The number of hydrogen-bond acceptors (Lipinski definition) is 5. The van der Waals surface area contributed by atoms with Crippen LogP contribution in [0.4, 0.5) is 15.5 Å². The monoisotopic (exact) mass is 458 g/mol. The first-order chi connectivity index (χ1) is 16.2. The Bertz CT molecular complexity index is 1340. The van der Waals surface area contributed by atoms with Crippen LogP contribution in [0.5, 0.6) is 5.75 Å². The Hall–Kier alpha value is -4.33. The largest absolute Gasteiger partial charge is 0.514 e. The molecule has 3 N–H and O–H groups in total. The van der Waals surface area contributed by atoms with Gasteiger partial charge < -0.3 is 19.8 Å². The topological polar surface area (TPSA) is 108 Å². The molecule has 4 rings (SSSR count). The number of carbonyl (C=O) groups excluding carboxylic acids is 2. The molecule has 0 saturated heterocycles. The van der Waals surface area contributed by atoms with E-state index in [1.807, 2.05) is 65.2 Å². The smallest absolute Gasteiger partial charge is 0.428 e. The molecule has 0 bridgehead atoms. The molecule has 8 heteroatoms. The predicted octanol–water partition coefficient (Wildman–Crippen LogP) is 5.56. The highest BCUT2D eigenvalue weighted by atomic mass is 16.7. The van der Waals surface area contributed by atoms with Gasteiger partial charge in [0.2, 0.25) is 5.95 Å². The molecule has 1 heterocycles. The van der Waals surface area contributed by atoms with Gasteiger partial charge in [0.15, 0.2) is 0 Å². The van der Waals surface area contributed by atoms with Gasteiger partial charge in [-0.2, -0.15) is 0 Å². The minimum atomic E-state index is -0.752. The van der Waals surface area contributed by atoms with Crippen LogP contribution < -0.4 is 15.8 Å². The first kappa shape index (κ1) is 22.8. The molecule has 0 aliphatic heterocycles. The first-order valence-corrected chi connectivity index (χ1v) is 10.8. The number of anilines is 1. The minimum absolute atomic E-state index is 0.383. The van der Waals surface area contributed by atoms with Gasteiger partial charge in [0.1, 0.15) is 11.4 Å². The second-order valence-electron chi connectivity index (χ2n) is 8.76. The Morgan fingerprint density at radius 1 is 0.971 bits per heavy atom. The number of rotatable bonds is 5. The summed E-state index contributed by atoms with van der Waals surface area (Å²) in [4.78, 5) is 28.1. The Labute approximate surface area is 197 Å². The Morgan fingerprint density at radius 3 is 2.35 bits per heavy atom. The minimum Gasteiger partial charge on any atom is -0.428 e. The number of aromatic nitrogens is 2. The number of urea groups is 1. The van der Waals surface area contributed by atoms with E-state index < -0.39 is 17.8 Å². The highest BCUT2D eigenvalue weighted by molar-refractivity contribution is 5.89. The van der Waals surface area contributed by atoms with Gasteiger partial charge in [-0.3, -0.25) is 5.32 Å². The van der Waals surface area contributed by atoms with E-state index in [1.165, 1.54) is 0 Å². The molecule has 0 atom stereocenters. The third kappa shape index (κ3) is 5.35. The number of para-hydroxylation sites is 3. The van der Waals surface area contributed by atoms with E-state index in [4.69, 9.17) is 15.2 Å². The zero-order valence-electron chi connectivity index (χ0n) is 19.2. The van der Waals surface area contributed by atoms with Crippen LogP contribution in [0.15, 0.2) is 72.8 Å². The summed E-state index contributed by atoms with van der Waals surface area (Å²) in [7, 11) is 0. The maximum atomic E-state index is 12.2.